The summed E-state index contributed by atoms with van der Waals surface area (Å²) in [6, 6.07) is 10.6. The van der Waals surface area contributed by atoms with Crippen LogP contribution in [-0.2, 0) is 12.4 Å². The molecule has 74 heavy (non-hydrogen) atoms. The van der Waals surface area contributed by atoms with Crippen molar-refractivity contribution in [2.24, 2.45) is 0 Å². The number of amides is 4. The van der Waals surface area contributed by atoms with Crippen molar-refractivity contribution in [2.45, 2.75) is 49.5 Å². The standard InChI is InChI=1S/2C23H22F3N7O4/c24-23(25,26)14-3-1-2-13(8-14)19-28-9-17-20(31-19)33(15-5-7-32(17)10-15)22(36)30-18-4-6-27-21(29-18)37-12-16(35)11-34;24-23(25,26)14-3-1-2-13(6-14)20-27-8-17-21(31-20)33(15-4-5-32(17)9-15)22(36)30-18-7-19(29-12-28-18)37-11-16(35)10-34/h1-4,6,8-9,15-16,34-35H,5,7,10-12H2,(H,27,29,30,36);1-3,6-8,12,15-16,34-35H,4-5,9-11H2,(H,28,29,30,36)/t15-,16+;15-,16-/m00/s1. The van der Waals surface area contributed by atoms with Gasteiger partial charge in [-0.1, -0.05) is 24.3 Å². The summed E-state index contributed by atoms with van der Waals surface area (Å²) < 4.78 is 89.9. The Labute approximate surface area is 415 Å². The van der Waals surface area contributed by atoms with Crippen molar-refractivity contribution in [1.82, 2.24) is 39.9 Å². The van der Waals surface area contributed by atoms with E-state index in [1.54, 1.807) is 0 Å². The summed E-state index contributed by atoms with van der Waals surface area (Å²) in [5.41, 5.74) is -0.0909. The van der Waals surface area contributed by atoms with Crippen LogP contribution in [0.1, 0.15) is 24.0 Å². The smallest absolute Gasteiger partial charge is 0.416 e. The summed E-state index contributed by atoms with van der Waals surface area (Å²) in [7, 11) is 0. The Hall–Kier alpha value is -8.08. The largest absolute Gasteiger partial charge is 0.475 e. The topological polar surface area (TPSA) is 274 Å². The zero-order chi connectivity index (χ0) is 52.3. The fourth-order valence-corrected chi connectivity index (χ4v) is 8.46. The van der Waals surface area contributed by atoms with Crippen LogP contribution in [0.25, 0.3) is 22.8 Å². The molecule has 0 saturated carbocycles. The second-order valence-corrected chi connectivity index (χ2v) is 17.1. The van der Waals surface area contributed by atoms with Gasteiger partial charge in [0.15, 0.2) is 23.3 Å². The highest BCUT2D eigenvalue weighted by Crippen LogP contribution is 2.42. The molecule has 6 N–H and O–H groups in total. The monoisotopic (exact) mass is 1030 g/mol. The minimum absolute atomic E-state index is 0.0605. The number of nitrogens with zero attached hydrogens (tertiary/aromatic N) is 12. The number of aromatic nitrogens is 8. The van der Waals surface area contributed by atoms with Crippen LogP contribution >= 0.6 is 0 Å². The van der Waals surface area contributed by atoms with Gasteiger partial charge in [-0.15, -0.1) is 0 Å². The van der Waals surface area contributed by atoms with E-state index in [2.05, 4.69) is 50.5 Å². The fraction of sp³-hybridized carbons (Fsp3) is 0.348. The number of aliphatic hydroxyl groups is 4. The predicted molar refractivity (Wildman–Crippen MR) is 250 cm³/mol. The van der Waals surface area contributed by atoms with E-state index in [4.69, 9.17) is 19.7 Å². The fourth-order valence-electron chi connectivity index (χ4n) is 8.46. The first-order valence-corrected chi connectivity index (χ1v) is 22.7. The SMILES string of the molecule is O=C(Nc1cc(OC[C@@H](O)CO)ncn1)N1c2nc(-c3cccc(C(F)(F)F)c3)ncc2N2CC[C@H]1C2.O=C(Nc1ccnc(OC[C@H](O)CO)n1)N1c2nc(-c3cccc(C(F)(F)F)c3)ncc2N2CC[C@H]1C2. The summed E-state index contributed by atoms with van der Waals surface area (Å²) in [6.45, 7) is 1.06. The Morgan fingerprint density at radius 3 is 1.68 bits per heavy atom. The van der Waals surface area contributed by atoms with Gasteiger partial charge in [-0.05, 0) is 43.2 Å². The number of hydrogen-bond donors (Lipinski definition) is 6. The van der Waals surface area contributed by atoms with Gasteiger partial charge in [0.25, 0.3) is 0 Å². The van der Waals surface area contributed by atoms with Gasteiger partial charge in [0.1, 0.15) is 43.4 Å². The molecule has 4 atom stereocenters. The molecule has 0 radical (unpaired) electrons. The number of fused-ring (bicyclic) bond motifs is 8. The van der Waals surface area contributed by atoms with Crippen molar-refractivity contribution in [1.29, 1.82) is 0 Å². The Bertz CT molecular complexity index is 2820. The first kappa shape index (κ1) is 50.8. The molecule has 0 spiro atoms. The molecule has 2 fully saturated rings. The van der Waals surface area contributed by atoms with Crippen molar-refractivity contribution in [3.8, 4) is 34.7 Å². The molecule has 388 valence electrons. The maximum Gasteiger partial charge on any atom is 0.416 e. The van der Waals surface area contributed by atoms with E-state index in [9.17, 15) is 46.1 Å². The van der Waals surface area contributed by atoms with Gasteiger partial charge in [0.05, 0.1) is 60.2 Å². The number of nitrogens with one attached hydrogen (secondary N) is 2. The maximum atomic E-state index is 13.4. The molecule has 22 nitrogen and oxygen atoms in total. The van der Waals surface area contributed by atoms with Crippen LogP contribution in [0.3, 0.4) is 0 Å². The van der Waals surface area contributed by atoms with Crippen LogP contribution in [0.15, 0.2) is 85.6 Å². The predicted octanol–water partition coefficient (Wildman–Crippen LogP) is 4.63. The zero-order valence-corrected chi connectivity index (χ0v) is 38.5. The number of aliphatic hydroxyl groups excluding tert-OH is 4. The maximum absolute atomic E-state index is 13.4. The second kappa shape index (κ2) is 21.2. The summed E-state index contributed by atoms with van der Waals surface area (Å²) in [5, 5.41) is 42.1. The third-order valence-electron chi connectivity index (χ3n) is 12.0. The summed E-state index contributed by atoms with van der Waals surface area (Å²) in [6.07, 6.45) is -4.33. The quantitative estimate of drug-likeness (QED) is 0.0912. The normalized spacial score (nSPS) is 17.4. The molecule has 4 bridgehead atoms. The Kier molecular flexibility index (Phi) is 14.5. The van der Waals surface area contributed by atoms with E-state index in [0.717, 1.165) is 24.3 Å². The lowest BCUT2D eigenvalue weighted by molar-refractivity contribution is -0.138. The number of carbonyl (C=O) groups is 2. The Balaban J connectivity index is 0.000000182. The molecule has 4 aromatic heterocycles. The van der Waals surface area contributed by atoms with E-state index < -0.39 is 61.0 Å². The minimum Gasteiger partial charge on any atom is -0.475 e. The molecule has 10 rings (SSSR count). The molecule has 4 aliphatic heterocycles. The summed E-state index contributed by atoms with van der Waals surface area (Å²) >= 11 is 0. The minimum atomic E-state index is -4.52. The second-order valence-electron chi connectivity index (χ2n) is 17.1. The molecular weight excluding hydrogens is 991 g/mol. The number of rotatable bonds is 12. The van der Waals surface area contributed by atoms with Crippen LogP contribution in [0.4, 0.5) is 70.6 Å². The summed E-state index contributed by atoms with van der Waals surface area (Å²) in [4.78, 5) is 67.3. The molecule has 0 aliphatic carbocycles. The van der Waals surface area contributed by atoms with E-state index in [0.29, 0.717) is 50.4 Å². The van der Waals surface area contributed by atoms with Crippen molar-refractivity contribution >= 4 is 46.7 Å². The van der Waals surface area contributed by atoms with Crippen molar-refractivity contribution in [2.75, 3.05) is 82.8 Å². The first-order chi connectivity index (χ1) is 35.4. The van der Waals surface area contributed by atoms with Crippen molar-refractivity contribution in [3.63, 3.8) is 0 Å². The van der Waals surface area contributed by atoms with E-state index in [1.165, 1.54) is 71.1 Å². The van der Waals surface area contributed by atoms with Crippen molar-refractivity contribution < 1.29 is 65.8 Å². The van der Waals surface area contributed by atoms with Gasteiger partial charge < -0.3 is 39.7 Å². The number of urea groups is 2. The average Bonchev–Trinajstić information content (AvgIpc) is 4.02. The molecule has 2 aromatic carbocycles. The van der Waals surface area contributed by atoms with Crippen LogP contribution in [-0.4, -0.2) is 149 Å². The lowest BCUT2D eigenvalue weighted by Crippen LogP contribution is -2.48. The Morgan fingerprint density at radius 1 is 0.649 bits per heavy atom. The van der Waals surface area contributed by atoms with E-state index >= 15 is 0 Å². The van der Waals surface area contributed by atoms with Gasteiger partial charge in [0, 0.05) is 49.6 Å². The highest BCUT2D eigenvalue weighted by atomic mass is 19.4. The number of anilines is 6. The van der Waals surface area contributed by atoms with Gasteiger partial charge >= 0.3 is 30.4 Å². The number of carbonyl (C=O) groups excluding carboxylic acids is 2. The van der Waals surface area contributed by atoms with Crippen LogP contribution in [0.5, 0.6) is 11.9 Å². The van der Waals surface area contributed by atoms with Gasteiger partial charge in [-0.3, -0.25) is 20.4 Å². The lowest BCUT2D eigenvalue weighted by Gasteiger charge is -2.35. The van der Waals surface area contributed by atoms with E-state index in [1.807, 2.05) is 9.80 Å². The molecule has 28 heteroatoms. The first-order valence-electron chi connectivity index (χ1n) is 22.7. The highest BCUT2D eigenvalue weighted by molar-refractivity contribution is 6.05. The zero-order valence-electron chi connectivity index (χ0n) is 38.5. The molecule has 0 unspecified atom stereocenters. The van der Waals surface area contributed by atoms with Crippen LogP contribution in [0.2, 0.25) is 0 Å². The average molecular weight is 1030 g/mol. The van der Waals surface area contributed by atoms with Crippen LogP contribution < -0.4 is 39.7 Å². The molecule has 4 amide bonds. The van der Waals surface area contributed by atoms with Crippen molar-refractivity contribution in [3.05, 3.63) is 96.7 Å². The number of benzene rings is 2. The number of alkyl halides is 6. The van der Waals surface area contributed by atoms with E-state index in [-0.39, 0.29) is 83.2 Å². The number of halogens is 6. The number of ether oxygens (including phenoxy) is 2. The molecular formula is C46H44F6N14O8. The molecule has 4 aliphatic rings. The lowest BCUT2D eigenvalue weighted by atomic mass is 10.1. The van der Waals surface area contributed by atoms with Crippen LogP contribution in [0, 0.1) is 0 Å². The highest BCUT2D eigenvalue weighted by Gasteiger charge is 2.43. The molecule has 6 aromatic rings. The molecule has 2 saturated heterocycles. The summed E-state index contributed by atoms with van der Waals surface area (Å²) in [5.74, 6) is 1.02. The third-order valence-corrected chi connectivity index (χ3v) is 12.0. The van der Waals surface area contributed by atoms with Gasteiger partial charge in [-0.25, -0.2) is 44.5 Å². The Morgan fingerprint density at radius 2 is 1.16 bits per heavy atom. The molecule has 8 heterocycles. The third kappa shape index (κ3) is 11.3. The number of hydrogen-bond acceptors (Lipinski definition) is 18. The van der Waals surface area contributed by atoms with Gasteiger partial charge in [0.2, 0.25) is 5.88 Å². The van der Waals surface area contributed by atoms with Gasteiger partial charge in [-0.2, -0.15) is 31.3 Å².